The maximum Gasteiger partial charge on any atom is 0.147 e. The van der Waals surface area contributed by atoms with Crippen LogP contribution >= 0.6 is 0 Å². The Bertz CT molecular complexity index is 275. The maximum absolute atomic E-state index is 5.28. The second-order valence-corrected chi connectivity index (χ2v) is 4.03. The van der Waals surface area contributed by atoms with Crippen LogP contribution in [0.25, 0.3) is 0 Å². The van der Waals surface area contributed by atoms with Crippen LogP contribution in [-0.4, -0.2) is 32.7 Å². The molecule has 0 aromatic heterocycles. The molecule has 0 N–H and O–H groups in total. The number of ether oxygens (including phenoxy) is 3. The van der Waals surface area contributed by atoms with Gasteiger partial charge in [0.1, 0.15) is 12.9 Å². The summed E-state index contributed by atoms with van der Waals surface area (Å²) in [7, 11) is 1.69. The number of hydrogen-bond acceptors (Lipinski definition) is 3. The Hall–Kier alpha value is -0.900. The molecule has 3 heteroatoms. The molecule has 0 saturated carbocycles. The summed E-state index contributed by atoms with van der Waals surface area (Å²) in [5.74, 6) is 0. The lowest BCUT2D eigenvalue weighted by Gasteiger charge is -2.29. The second kappa shape index (κ2) is 8.23. The van der Waals surface area contributed by atoms with Crippen molar-refractivity contribution < 1.29 is 14.2 Å². The molecule has 96 valence electrons. The lowest BCUT2D eigenvalue weighted by Crippen LogP contribution is -2.39. The second-order valence-electron chi connectivity index (χ2n) is 4.03. The van der Waals surface area contributed by atoms with Crippen LogP contribution in [-0.2, 0) is 14.2 Å². The Labute approximate surface area is 104 Å². The van der Waals surface area contributed by atoms with E-state index in [-0.39, 0.29) is 12.2 Å². The van der Waals surface area contributed by atoms with Crippen molar-refractivity contribution in [2.75, 3.05) is 20.5 Å². The predicted molar refractivity (Wildman–Crippen MR) is 68.0 cm³/mol. The molecule has 1 aromatic carbocycles. The highest BCUT2D eigenvalue weighted by Crippen LogP contribution is 2.12. The van der Waals surface area contributed by atoms with Crippen LogP contribution in [0.3, 0.4) is 0 Å². The summed E-state index contributed by atoms with van der Waals surface area (Å²) in [6, 6.07) is 10.3. The molecule has 0 radical (unpaired) electrons. The average Bonchev–Trinajstić information content (AvgIpc) is 2.40. The molecule has 0 aliphatic carbocycles. The number of rotatable bonds is 2. The molecule has 1 aliphatic heterocycles. The Balaban J connectivity index is 0.000000181. The van der Waals surface area contributed by atoms with E-state index in [1.54, 1.807) is 7.11 Å². The van der Waals surface area contributed by atoms with Crippen LogP contribution in [0, 0.1) is 6.92 Å². The van der Waals surface area contributed by atoms with E-state index in [4.69, 9.17) is 14.2 Å². The molecule has 1 fully saturated rings. The average molecular weight is 238 g/mol. The lowest BCUT2D eigenvalue weighted by molar-refractivity contribution is -0.201. The number of hydrogen-bond donors (Lipinski definition) is 0. The summed E-state index contributed by atoms with van der Waals surface area (Å²) in [5, 5.41) is 0. The number of aryl methyl sites for hydroxylation is 1. The molecule has 3 nitrogen and oxygen atoms in total. The van der Waals surface area contributed by atoms with Crippen molar-refractivity contribution in [2.24, 2.45) is 0 Å². The third-order valence-electron chi connectivity index (χ3n) is 2.71. The molecule has 1 heterocycles. The zero-order chi connectivity index (χ0) is 12.5. The Morgan fingerprint density at radius 2 is 2.00 bits per heavy atom. The quantitative estimate of drug-likeness (QED) is 0.793. The standard InChI is InChI=1S/C7H14O3.C7H8/c1-3-6-7(8-2)4-9-5-10-6;1-7-5-3-2-4-6-7/h6-7H,3-5H2,1-2H3;2-6H,1H3. The minimum atomic E-state index is 0.124. The van der Waals surface area contributed by atoms with Crippen LogP contribution in [0.1, 0.15) is 18.9 Å². The third-order valence-corrected chi connectivity index (χ3v) is 2.71. The minimum Gasteiger partial charge on any atom is -0.376 e. The molecular weight excluding hydrogens is 216 g/mol. The monoisotopic (exact) mass is 238 g/mol. The first-order valence-corrected chi connectivity index (χ1v) is 6.01. The van der Waals surface area contributed by atoms with E-state index in [1.807, 2.05) is 18.2 Å². The summed E-state index contributed by atoms with van der Waals surface area (Å²) < 4.78 is 15.5. The van der Waals surface area contributed by atoms with Crippen LogP contribution < -0.4 is 0 Å². The number of benzene rings is 1. The topological polar surface area (TPSA) is 27.7 Å². The molecule has 1 aromatic rings. The first-order chi connectivity index (χ1) is 8.27. The first-order valence-electron chi connectivity index (χ1n) is 6.01. The summed E-state index contributed by atoms with van der Waals surface area (Å²) in [6.45, 7) is 5.25. The highest BCUT2D eigenvalue weighted by atomic mass is 16.7. The third kappa shape index (κ3) is 5.31. The van der Waals surface area contributed by atoms with Gasteiger partial charge < -0.3 is 14.2 Å². The molecule has 2 unspecified atom stereocenters. The Kier molecular flexibility index (Phi) is 6.86. The smallest absolute Gasteiger partial charge is 0.147 e. The fraction of sp³-hybridized carbons (Fsp3) is 0.571. The van der Waals surface area contributed by atoms with Gasteiger partial charge in [-0.15, -0.1) is 0 Å². The molecule has 1 saturated heterocycles. The van der Waals surface area contributed by atoms with Gasteiger partial charge in [-0.3, -0.25) is 0 Å². The summed E-state index contributed by atoms with van der Waals surface area (Å²) in [5.41, 5.74) is 1.32. The molecule has 1 aliphatic rings. The summed E-state index contributed by atoms with van der Waals surface area (Å²) in [6.07, 6.45) is 1.33. The number of methoxy groups -OCH3 is 1. The maximum atomic E-state index is 5.28. The molecule has 17 heavy (non-hydrogen) atoms. The highest BCUT2D eigenvalue weighted by Gasteiger charge is 2.24. The molecular formula is C14H22O3. The molecule has 0 amide bonds. The van der Waals surface area contributed by atoms with Crippen molar-refractivity contribution in [3.05, 3.63) is 35.9 Å². The fourth-order valence-electron chi connectivity index (χ4n) is 1.65. The molecule has 0 spiro atoms. The predicted octanol–water partition coefficient (Wildman–Crippen LogP) is 2.78. The van der Waals surface area contributed by atoms with Crippen molar-refractivity contribution >= 4 is 0 Å². The van der Waals surface area contributed by atoms with Crippen molar-refractivity contribution in [3.63, 3.8) is 0 Å². The van der Waals surface area contributed by atoms with Gasteiger partial charge in [0.15, 0.2) is 0 Å². The van der Waals surface area contributed by atoms with Gasteiger partial charge >= 0.3 is 0 Å². The first kappa shape index (κ1) is 14.2. The van der Waals surface area contributed by atoms with Crippen LogP contribution in [0.15, 0.2) is 30.3 Å². The van der Waals surface area contributed by atoms with Crippen LogP contribution in [0.2, 0.25) is 0 Å². The normalized spacial score (nSPS) is 23.7. The van der Waals surface area contributed by atoms with E-state index in [0.717, 1.165) is 6.42 Å². The van der Waals surface area contributed by atoms with Crippen molar-refractivity contribution in [2.45, 2.75) is 32.5 Å². The van der Waals surface area contributed by atoms with Gasteiger partial charge in [-0.25, -0.2) is 0 Å². The SMILES string of the molecule is CCC1OCOCC1OC.Cc1ccccc1. The van der Waals surface area contributed by atoms with Gasteiger partial charge in [0.2, 0.25) is 0 Å². The van der Waals surface area contributed by atoms with Gasteiger partial charge in [0.05, 0.1) is 12.7 Å². The van der Waals surface area contributed by atoms with Crippen LogP contribution in [0.5, 0.6) is 0 Å². The zero-order valence-corrected chi connectivity index (χ0v) is 10.9. The van der Waals surface area contributed by atoms with Gasteiger partial charge in [-0.2, -0.15) is 0 Å². The molecule has 2 rings (SSSR count). The van der Waals surface area contributed by atoms with E-state index in [9.17, 15) is 0 Å². The Morgan fingerprint density at radius 1 is 1.29 bits per heavy atom. The largest absolute Gasteiger partial charge is 0.376 e. The summed E-state index contributed by atoms with van der Waals surface area (Å²) in [4.78, 5) is 0. The van der Waals surface area contributed by atoms with E-state index in [2.05, 4.69) is 26.0 Å². The van der Waals surface area contributed by atoms with E-state index >= 15 is 0 Å². The van der Waals surface area contributed by atoms with Gasteiger partial charge in [-0.05, 0) is 13.3 Å². The van der Waals surface area contributed by atoms with E-state index in [0.29, 0.717) is 13.4 Å². The van der Waals surface area contributed by atoms with Crippen molar-refractivity contribution in [3.8, 4) is 0 Å². The van der Waals surface area contributed by atoms with Crippen LogP contribution in [0.4, 0.5) is 0 Å². The molecule has 2 atom stereocenters. The Morgan fingerprint density at radius 3 is 2.41 bits per heavy atom. The van der Waals surface area contributed by atoms with E-state index in [1.165, 1.54) is 5.56 Å². The van der Waals surface area contributed by atoms with Crippen molar-refractivity contribution in [1.82, 2.24) is 0 Å². The molecule has 0 bridgehead atoms. The van der Waals surface area contributed by atoms with Gasteiger partial charge in [0, 0.05) is 7.11 Å². The summed E-state index contributed by atoms with van der Waals surface area (Å²) >= 11 is 0. The lowest BCUT2D eigenvalue weighted by atomic mass is 10.1. The zero-order valence-electron chi connectivity index (χ0n) is 10.9. The van der Waals surface area contributed by atoms with Gasteiger partial charge in [-0.1, -0.05) is 42.8 Å². The van der Waals surface area contributed by atoms with E-state index < -0.39 is 0 Å². The minimum absolute atomic E-state index is 0.124. The highest BCUT2D eigenvalue weighted by molar-refractivity contribution is 5.11. The van der Waals surface area contributed by atoms with Crippen molar-refractivity contribution in [1.29, 1.82) is 0 Å². The van der Waals surface area contributed by atoms with Gasteiger partial charge in [0.25, 0.3) is 0 Å². The fourth-order valence-corrected chi connectivity index (χ4v) is 1.65.